The molecule has 230 valence electrons. The molecule has 0 aliphatic carbocycles. The smallest absolute Gasteiger partial charge is 0.326 e. The summed E-state index contributed by atoms with van der Waals surface area (Å²) in [6.07, 6.45) is -0.511. The van der Waals surface area contributed by atoms with E-state index in [2.05, 4.69) is 25.3 Å². The van der Waals surface area contributed by atoms with Crippen molar-refractivity contribution in [2.45, 2.75) is 38.0 Å². The highest BCUT2D eigenvalue weighted by Crippen LogP contribution is 2.22. The predicted molar refractivity (Wildman–Crippen MR) is 151 cm³/mol. The van der Waals surface area contributed by atoms with Gasteiger partial charge in [-0.05, 0) is 30.7 Å². The molecule has 43 heavy (non-hydrogen) atoms. The van der Waals surface area contributed by atoms with Crippen molar-refractivity contribution in [2.24, 2.45) is 0 Å². The third kappa shape index (κ3) is 9.72. The number of aromatic nitrogens is 4. The molecule has 2 heterocycles. The fourth-order valence-electron chi connectivity index (χ4n) is 4.05. The molecule has 2 atom stereocenters. The second kappa shape index (κ2) is 13.7. The van der Waals surface area contributed by atoms with Crippen LogP contribution in [0.4, 0.5) is 11.6 Å². The lowest BCUT2D eigenvalue weighted by Gasteiger charge is -2.32. The van der Waals surface area contributed by atoms with Crippen LogP contribution in [0, 0.1) is 0 Å². The molecule has 0 fully saturated rings. The predicted octanol–water partition coefficient (Wildman–Crippen LogP) is -0.169. The van der Waals surface area contributed by atoms with Crippen molar-refractivity contribution < 1.29 is 43.8 Å². The summed E-state index contributed by atoms with van der Waals surface area (Å²) in [5.74, 6) is -4.51. The van der Waals surface area contributed by atoms with Crippen LogP contribution in [-0.4, -0.2) is 103 Å². The zero-order valence-electron chi connectivity index (χ0n) is 23.7. The molecule has 3 aromatic rings. The number of carbonyl (C=O) groups is 4. The summed E-state index contributed by atoms with van der Waals surface area (Å²) in [7, 11) is 5.61. The fraction of sp³-hybridized carbons (Fsp3) is 0.385. The number of hydrogen-bond acceptors (Lipinski definition) is 11. The van der Waals surface area contributed by atoms with Crippen LogP contribution < -0.4 is 21.7 Å². The first-order valence-corrected chi connectivity index (χ1v) is 12.9. The van der Waals surface area contributed by atoms with E-state index < -0.39 is 47.9 Å². The SMILES string of the molecule is C[N+](C)(C)C[C@@H](CC(=O)O)ON(Cc1cnc2nc(N)[nH]c(=O)c2n1)c1ccc(C(=O)N[C@@H](CCC(=O)O)C(=O)O)cc1. The minimum atomic E-state index is -1.41. The molecule has 0 saturated heterocycles. The number of benzene rings is 1. The highest BCUT2D eigenvalue weighted by Gasteiger charge is 2.27. The summed E-state index contributed by atoms with van der Waals surface area (Å²) in [6, 6.07) is 4.37. The minimum Gasteiger partial charge on any atom is -0.481 e. The maximum atomic E-state index is 12.7. The number of hydroxylamine groups is 1. The zero-order valence-corrected chi connectivity index (χ0v) is 23.7. The Morgan fingerprint density at radius 3 is 2.33 bits per heavy atom. The standard InChI is InChI=1S/C26H32N8O9/c1-34(2,3)13-17(10-20(37)38)43-33(12-15-11-28-22-21(29-15)24(40)32-26(27)31-22)16-6-4-14(5-7-16)23(39)30-18(25(41)42)8-9-19(35)36/h4-7,11,17-18H,8-10,12-13H2,1-3H3,(H6-,27,28,30,31,32,35,36,37,38,39,40,41,42)/p+1/t17-,18+/m1/s1. The second-order valence-electron chi connectivity index (χ2n) is 10.7. The number of nitrogens with zero attached hydrogens (tertiary/aromatic N) is 5. The molecule has 1 amide bonds. The van der Waals surface area contributed by atoms with Gasteiger partial charge in [-0.1, -0.05) is 0 Å². The molecule has 0 spiro atoms. The van der Waals surface area contributed by atoms with E-state index in [0.717, 1.165) is 0 Å². The molecule has 0 unspecified atom stereocenters. The van der Waals surface area contributed by atoms with Gasteiger partial charge in [0.25, 0.3) is 11.5 Å². The number of nitrogens with one attached hydrogen (secondary N) is 2. The monoisotopic (exact) mass is 601 g/mol. The van der Waals surface area contributed by atoms with Crippen molar-refractivity contribution in [3.63, 3.8) is 0 Å². The average molecular weight is 602 g/mol. The van der Waals surface area contributed by atoms with E-state index in [0.29, 0.717) is 16.7 Å². The largest absolute Gasteiger partial charge is 0.481 e. The molecule has 1 aromatic carbocycles. The van der Waals surface area contributed by atoms with Crippen LogP contribution in [0.2, 0.25) is 0 Å². The molecule has 0 radical (unpaired) electrons. The lowest BCUT2D eigenvalue weighted by atomic mass is 10.1. The number of nitrogens with two attached hydrogens (primary N) is 1. The number of carboxylic acids is 3. The third-order valence-corrected chi connectivity index (χ3v) is 5.89. The summed E-state index contributed by atoms with van der Waals surface area (Å²) in [4.78, 5) is 79.9. The summed E-state index contributed by atoms with van der Waals surface area (Å²) in [5.41, 5.74) is 5.67. The first-order chi connectivity index (χ1) is 20.1. The Balaban J connectivity index is 1.92. The van der Waals surface area contributed by atoms with Gasteiger partial charge in [0.2, 0.25) is 5.95 Å². The number of hydrogen-bond donors (Lipinski definition) is 6. The number of anilines is 2. The van der Waals surface area contributed by atoms with E-state index in [1.807, 2.05) is 21.1 Å². The van der Waals surface area contributed by atoms with Gasteiger partial charge >= 0.3 is 17.9 Å². The molecule has 17 nitrogen and oxygen atoms in total. The summed E-state index contributed by atoms with van der Waals surface area (Å²) < 4.78 is 0.385. The van der Waals surface area contributed by atoms with Crippen molar-refractivity contribution in [2.75, 3.05) is 38.5 Å². The van der Waals surface area contributed by atoms with Crippen molar-refractivity contribution >= 4 is 46.6 Å². The van der Waals surface area contributed by atoms with Crippen molar-refractivity contribution in [1.29, 1.82) is 0 Å². The Morgan fingerprint density at radius 2 is 1.74 bits per heavy atom. The topological polar surface area (TPSA) is 251 Å². The van der Waals surface area contributed by atoms with Gasteiger partial charge in [-0.15, -0.1) is 0 Å². The van der Waals surface area contributed by atoms with Crippen LogP contribution >= 0.6 is 0 Å². The van der Waals surface area contributed by atoms with Gasteiger partial charge in [-0.25, -0.2) is 19.8 Å². The van der Waals surface area contributed by atoms with E-state index in [9.17, 15) is 34.2 Å². The van der Waals surface area contributed by atoms with E-state index in [1.165, 1.54) is 35.5 Å². The number of quaternary nitrogens is 1. The van der Waals surface area contributed by atoms with Crippen molar-refractivity contribution in [1.82, 2.24) is 25.3 Å². The number of aromatic amines is 1. The van der Waals surface area contributed by atoms with Gasteiger partial charge in [-0.2, -0.15) is 4.98 Å². The molecule has 17 heteroatoms. The number of amides is 1. The van der Waals surface area contributed by atoms with Crippen LogP contribution in [0.15, 0.2) is 35.3 Å². The third-order valence-electron chi connectivity index (χ3n) is 5.89. The minimum absolute atomic E-state index is 0.0321. The van der Waals surface area contributed by atoms with E-state index in [1.54, 1.807) is 0 Å². The fourth-order valence-corrected chi connectivity index (χ4v) is 4.05. The van der Waals surface area contributed by atoms with Crippen molar-refractivity contribution in [3.8, 4) is 0 Å². The van der Waals surface area contributed by atoms with Crippen LogP contribution in [-0.2, 0) is 25.8 Å². The number of carboxylic acid groups (broad SMARTS) is 3. The lowest BCUT2D eigenvalue weighted by molar-refractivity contribution is -0.873. The quantitative estimate of drug-likeness (QED) is 0.0977. The molecule has 0 saturated carbocycles. The number of rotatable bonds is 15. The Morgan fingerprint density at radius 1 is 1.07 bits per heavy atom. The average Bonchev–Trinajstić information content (AvgIpc) is 2.89. The molecular weight excluding hydrogens is 568 g/mol. The first-order valence-electron chi connectivity index (χ1n) is 12.9. The Bertz CT molecular complexity index is 1550. The highest BCUT2D eigenvalue weighted by atomic mass is 16.7. The van der Waals surface area contributed by atoms with E-state index in [4.69, 9.17) is 15.7 Å². The first kappa shape index (κ1) is 32.4. The molecule has 2 aromatic heterocycles. The van der Waals surface area contributed by atoms with Gasteiger partial charge in [0.1, 0.15) is 18.7 Å². The number of H-pyrrole nitrogens is 1. The van der Waals surface area contributed by atoms with E-state index >= 15 is 0 Å². The van der Waals surface area contributed by atoms with Gasteiger partial charge in [0.05, 0.1) is 51.7 Å². The van der Waals surface area contributed by atoms with Gasteiger partial charge < -0.3 is 30.9 Å². The highest BCUT2D eigenvalue weighted by molar-refractivity contribution is 5.97. The number of likely N-dealkylation sites (N-methyl/N-ethyl adjacent to an activating group) is 1. The van der Waals surface area contributed by atoms with Crippen LogP contribution in [0.5, 0.6) is 0 Å². The summed E-state index contributed by atoms with van der Waals surface area (Å²) >= 11 is 0. The maximum absolute atomic E-state index is 12.7. The summed E-state index contributed by atoms with van der Waals surface area (Å²) in [6.45, 7) is 0.213. The summed E-state index contributed by atoms with van der Waals surface area (Å²) in [5, 5.41) is 31.3. The lowest BCUT2D eigenvalue weighted by Crippen LogP contribution is -2.45. The van der Waals surface area contributed by atoms with E-state index in [-0.39, 0.29) is 47.8 Å². The molecular formula is C26H33N8O9+. The Hall–Kier alpha value is -5.16. The Labute approximate surface area is 244 Å². The molecule has 3 rings (SSSR count). The van der Waals surface area contributed by atoms with Gasteiger partial charge in [-0.3, -0.25) is 29.0 Å². The molecule has 0 aliphatic heterocycles. The zero-order chi connectivity index (χ0) is 31.9. The number of carbonyl (C=O) groups excluding carboxylic acids is 1. The van der Waals surface area contributed by atoms with Crippen LogP contribution in [0.25, 0.3) is 11.2 Å². The molecule has 0 bridgehead atoms. The van der Waals surface area contributed by atoms with Gasteiger partial charge in [0.15, 0.2) is 11.2 Å². The van der Waals surface area contributed by atoms with Crippen LogP contribution in [0.1, 0.15) is 35.3 Å². The molecule has 7 N–H and O–H groups in total. The molecule has 0 aliphatic rings. The normalized spacial score (nSPS) is 12.8. The van der Waals surface area contributed by atoms with Crippen LogP contribution in [0.3, 0.4) is 0 Å². The maximum Gasteiger partial charge on any atom is 0.326 e. The number of aliphatic carboxylic acids is 3. The number of fused-ring (bicyclic) bond motifs is 1. The second-order valence-corrected chi connectivity index (χ2v) is 10.7. The number of nitrogen functional groups attached to an aromatic ring is 1. The Kier molecular flexibility index (Phi) is 10.3. The van der Waals surface area contributed by atoms with Gasteiger partial charge in [0, 0.05) is 12.0 Å². The van der Waals surface area contributed by atoms with Crippen molar-refractivity contribution in [3.05, 3.63) is 52.1 Å².